The minimum Gasteiger partial charge on any atom is -0.347 e. The summed E-state index contributed by atoms with van der Waals surface area (Å²) < 4.78 is 0. The number of carbonyl (C=O) groups excluding carboxylic acids is 2. The molecule has 0 radical (unpaired) electrons. The fourth-order valence-electron chi connectivity index (χ4n) is 1.60. The molecule has 1 rings (SSSR count). The quantitative estimate of drug-likeness (QED) is 0.667. The average molecular weight is 213 g/mol. The largest absolute Gasteiger partial charge is 0.347 e. The zero-order valence-corrected chi connectivity index (χ0v) is 9.40. The molecule has 0 spiro atoms. The Morgan fingerprint density at radius 3 is 2.80 bits per heavy atom. The summed E-state index contributed by atoms with van der Waals surface area (Å²) in [5.74, 6) is -0.153. The molecule has 5 heteroatoms. The maximum absolute atomic E-state index is 11.7. The predicted octanol–water partition coefficient (Wildman–Crippen LogP) is -0.586. The Balaban J connectivity index is 2.58. The monoisotopic (exact) mass is 213 g/mol. The number of nitrogens with two attached hydrogens (primary N) is 1. The zero-order chi connectivity index (χ0) is 11.4. The van der Waals surface area contributed by atoms with Crippen molar-refractivity contribution in [2.24, 2.45) is 5.73 Å². The molecule has 0 bridgehead atoms. The normalized spacial score (nSPS) is 22.5. The van der Waals surface area contributed by atoms with Gasteiger partial charge in [-0.2, -0.15) is 0 Å². The SMILES string of the molecule is CN(C)C(=O)CN1CCCCC(N)C1=O. The molecular formula is C10H19N3O2. The topological polar surface area (TPSA) is 66.6 Å². The second kappa shape index (κ2) is 5.11. The van der Waals surface area contributed by atoms with Crippen LogP contribution in [0.15, 0.2) is 0 Å². The van der Waals surface area contributed by atoms with Crippen LogP contribution in [0.1, 0.15) is 19.3 Å². The van der Waals surface area contributed by atoms with E-state index in [-0.39, 0.29) is 18.4 Å². The van der Waals surface area contributed by atoms with Gasteiger partial charge in [0.25, 0.3) is 0 Å². The molecule has 0 aliphatic carbocycles. The summed E-state index contributed by atoms with van der Waals surface area (Å²) >= 11 is 0. The zero-order valence-electron chi connectivity index (χ0n) is 9.40. The molecule has 0 saturated carbocycles. The van der Waals surface area contributed by atoms with Gasteiger partial charge in [0.2, 0.25) is 11.8 Å². The molecule has 1 atom stereocenters. The molecule has 0 aromatic rings. The molecule has 5 nitrogen and oxygen atoms in total. The molecule has 0 aromatic carbocycles. The van der Waals surface area contributed by atoms with Crippen LogP contribution in [0.2, 0.25) is 0 Å². The highest BCUT2D eigenvalue weighted by molar-refractivity contribution is 5.87. The number of carbonyl (C=O) groups is 2. The van der Waals surface area contributed by atoms with Crippen LogP contribution in [0.4, 0.5) is 0 Å². The molecule has 2 amide bonds. The van der Waals surface area contributed by atoms with Crippen molar-refractivity contribution < 1.29 is 9.59 Å². The fourth-order valence-corrected chi connectivity index (χ4v) is 1.60. The highest BCUT2D eigenvalue weighted by atomic mass is 16.2. The van der Waals surface area contributed by atoms with Gasteiger partial charge in [0.05, 0.1) is 12.6 Å². The van der Waals surface area contributed by atoms with Crippen LogP contribution in [0.5, 0.6) is 0 Å². The average Bonchev–Trinajstić information content (AvgIpc) is 2.33. The summed E-state index contributed by atoms with van der Waals surface area (Å²) in [4.78, 5) is 26.3. The van der Waals surface area contributed by atoms with Gasteiger partial charge in [-0.15, -0.1) is 0 Å². The van der Waals surface area contributed by atoms with Gasteiger partial charge in [0.15, 0.2) is 0 Å². The van der Waals surface area contributed by atoms with E-state index in [4.69, 9.17) is 5.73 Å². The van der Waals surface area contributed by atoms with E-state index in [1.54, 1.807) is 19.0 Å². The number of likely N-dealkylation sites (N-methyl/N-ethyl adjacent to an activating group) is 1. The van der Waals surface area contributed by atoms with Crippen LogP contribution in [0, 0.1) is 0 Å². The van der Waals surface area contributed by atoms with Gasteiger partial charge in [0, 0.05) is 20.6 Å². The first-order valence-corrected chi connectivity index (χ1v) is 5.27. The highest BCUT2D eigenvalue weighted by Gasteiger charge is 2.25. The van der Waals surface area contributed by atoms with Crippen LogP contribution in [0.3, 0.4) is 0 Å². The molecule has 15 heavy (non-hydrogen) atoms. The van der Waals surface area contributed by atoms with Gasteiger partial charge >= 0.3 is 0 Å². The van der Waals surface area contributed by atoms with E-state index in [0.717, 1.165) is 19.3 Å². The third kappa shape index (κ3) is 3.20. The molecule has 86 valence electrons. The Kier molecular flexibility index (Phi) is 4.08. The molecule has 1 heterocycles. The summed E-state index contributed by atoms with van der Waals surface area (Å²) in [5, 5.41) is 0. The number of amides is 2. The van der Waals surface area contributed by atoms with Gasteiger partial charge in [-0.1, -0.05) is 0 Å². The van der Waals surface area contributed by atoms with E-state index in [0.29, 0.717) is 6.54 Å². The van der Waals surface area contributed by atoms with Gasteiger partial charge in [-0.3, -0.25) is 9.59 Å². The van der Waals surface area contributed by atoms with Crippen molar-refractivity contribution in [3.63, 3.8) is 0 Å². The van der Waals surface area contributed by atoms with Crippen molar-refractivity contribution >= 4 is 11.8 Å². The number of rotatable bonds is 2. The predicted molar refractivity (Wildman–Crippen MR) is 57.1 cm³/mol. The second-order valence-electron chi connectivity index (χ2n) is 4.15. The number of hydrogen-bond acceptors (Lipinski definition) is 3. The minimum atomic E-state index is -0.428. The van der Waals surface area contributed by atoms with Gasteiger partial charge < -0.3 is 15.5 Å². The van der Waals surface area contributed by atoms with E-state index < -0.39 is 6.04 Å². The third-order valence-corrected chi connectivity index (χ3v) is 2.65. The van der Waals surface area contributed by atoms with Crippen LogP contribution < -0.4 is 5.73 Å². The Bertz CT molecular complexity index is 253. The standard InChI is InChI=1S/C10H19N3O2/c1-12(2)9(14)7-13-6-4-3-5-8(11)10(13)15/h8H,3-7,11H2,1-2H3. The van der Waals surface area contributed by atoms with E-state index in [2.05, 4.69) is 0 Å². The Morgan fingerprint density at radius 2 is 2.20 bits per heavy atom. The molecule has 1 fully saturated rings. The van der Waals surface area contributed by atoms with Crippen molar-refractivity contribution in [1.29, 1.82) is 0 Å². The fraction of sp³-hybridized carbons (Fsp3) is 0.800. The molecular weight excluding hydrogens is 194 g/mol. The minimum absolute atomic E-state index is 0.0579. The molecule has 0 aromatic heterocycles. The van der Waals surface area contributed by atoms with Crippen molar-refractivity contribution in [2.45, 2.75) is 25.3 Å². The van der Waals surface area contributed by atoms with Crippen molar-refractivity contribution in [2.75, 3.05) is 27.2 Å². The maximum Gasteiger partial charge on any atom is 0.241 e. The van der Waals surface area contributed by atoms with Gasteiger partial charge in [-0.05, 0) is 19.3 Å². The smallest absolute Gasteiger partial charge is 0.241 e. The van der Waals surface area contributed by atoms with Crippen LogP contribution >= 0.6 is 0 Å². The molecule has 1 aliphatic rings. The Hall–Kier alpha value is -1.10. The van der Waals surface area contributed by atoms with Crippen LogP contribution in [-0.2, 0) is 9.59 Å². The van der Waals surface area contributed by atoms with E-state index in [9.17, 15) is 9.59 Å². The maximum atomic E-state index is 11.7. The number of nitrogens with zero attached hydrogens (tertiary/aromatic N) is 2. The van der Waals surface area contributed by atoms with Gasteiger partial charge in [-0.25, -0.2) is 0 Å². The first-order valence-electron chi connectivity index (χ1n) is 5.27. The lowest BCUT2D eigenvalue weighted by atomic mass is 10.1. The molecule has 1 saturated heterocycles. The van der Waals surface area contributed by atoms with Crippen LogP contribution in [0.25, 0.3) is 0 Å². The summed E-state index contributed by atoms with van der Waals surface area (Å²) in [6.45, 7) is 0.797. The third-order valence-electron chi connectivity index (χ3n) is 2.65. The van der Waals surface area contributed by atoms with Gasteiger partial charge in [0.1, 0.15) is 0 Å². The van der Waals surface area contributed by atoms with E-state index in [1.165, 1.54) is 4.90 Å². The number of likely N-dealkylation sites (tertiary alicyclic amines) is 1. The van der Waals surface area contributed by atoms with Crippen LogP contribution in [-0.4, -0.2) is 54.8 Å². The lowest BCUT2D eigenvalue weighted by molar-refractivity contribution is -0.139. The summed E-state index contributed by atoms with van der Waals surface area (Å²) in [6.07, 6.45) is 2.62. The molecule has 2 N–H and O–H groups in total. The van der Waals surface area contributed by atoms with Crippen molar-refractivity contribution in [3.8, 4) is 0 Å². The lowest BCUT2D eigenvalue weighted by Crippen LogP contribution is -2.46. The molecule has 1 unspecified atom stereocenters. The molecule has 1 aliphatic heterocycles. The Labute approximate surface area is 90.2 Å². The second-order valence-corrected chi connectivity index (χ2v) is 4.15. The first kappa shape index (κ1) is 12.0. The summed E-state index contributed by atoms with van der Waals surface area (Å²) in [6, 6.07) is -0.428. The first-order chi connectivity index (χ1) is 7.02. The summed E-state index contributed by atoms with van der Waals surface area (Å²) in [5.41, 5.74) is 5.70. The van der Waals surface area contributed by atoms with Crippen molar-refractivity contribution in [3.05, 3.63) is 0 Å². The van der Waals surface area contributed by atoms with Crippen molar-refractivity contribution in [1.82, 2.24) is 9.80 Å². The Morgan fingerprint density at radius 1 is 1.53 bits per heavy atom. The summed E-state index contributed by atoms with van der Waals surface area (Å²) in [7, 11) is 3.37. The van der Waals surface area contributed by atoms with E-state index in [1.807, 2.05) is 0 Å². The number of hydrogen-bond donors (Lipinski definition) is 1. The highest BCUT2D eigenvalue weighted by Crippen LogP contribution is 2.10. The lowest BCUT2D eigenvalue weighted by Gasteiger charge is -2.23. The van der Waals surface area contributed by atoms with E-state index >= 15 is 0 Å².